The van der Waals surface area contributed by atoms with Crippen molar-refractivity contribution in [3.05, 3.63) is 94.8 Å². The van der Waals surface area contributed by atoms with E-state index in [1.165, 1.54) is 35.4 Å². The molecule has 7 nitrogen and oxygen atoms in total. The van der Waals surface area contributed by atoms with E-state index in [-0.39, 0.29) is 42.5 Å². The Morgan fingerprint density at radius 1 is 1.06 bits per heavy atom. The van der Waals surface area contributed by atoms with Gasteiger partial charge in [0.2, 0.25) is 0 Å². The number of halogens is 4. The minimum Gasteiger partial charge on any atom is -0.392 e. The van der Waals surface area contributed by atoms with Gasteiger partial charge < -0.3 is 15.7 Å². The Hall–Kier alpha value is -4.12. The van der Waals surface area contributed by atoms with Crippen molar-refractivity contribution >= 4 is 22.6 Å². The van der Waals surface area contributed by atoms with Crippen molar-refractivity contribution in [3.63, 3.8) is 0 Å². The summed E-state index contributed by atoms with van der Waals surface area (Å²) in [6.45, 7) is -0.765. The molecule has 11 heteroatoms. The summed E-state index contributed by atoms with van der Waals surface area (Å²) in [7, 11) is 0. The smallest absolute Gasteiger partial charge is 0.392 e. The predicted octanol–water partition coefficient (Wildman–Crippen LogP) is 4.10. The van der Waals surface area contributed by atoms with Crippen molar-refractivity contribution in [3.8, 4) is 0 Å². The second kappa shape index (κ2) is 9.63. The number of hydrogen-bond donors (Lipinski definition) is 2. The van der Waals surface area contributed by atoms with Gasteiger partial charge in [0.1, 0.15) is 11.6 Å². The number of hydrogen-bond acceptors (Lipinski definition) is 6. The molecule has 0 spiro atoms. The molecule has 3 N–H and O–H groups in total. The Kier molecular flexibility index (Phi) is 6.61. The molecule has 3 heterocycles. The van der Waals surface area contributed by atoms with Crippen LogP contribution >= 0.6 is 0 Å². The first-order valence-electron chi connectivity index (χ1n) is 10.4. The molecule has 0 aliphatic carbocycles. The number of anilines is 1. The average molecular weight is 485 g/mol. The van der Waals surface area contributed by atoms with Crippen LogP contribution in [0.4, 0.5) is 23.4 Å². The quantitative estimate of drug-likeness (QED) is 0.399. The number of alkyl halides is 3. The van der Waals surface area contributed by atoms with E-state index < -0.39 is 23.5 Å². The van der Waals surface area contributed by atoms with Gasteiger partial charge in [-0.25, -0.2) is 9.37 Å². The summed E-state index contributed by atoms with van der Waals surface area (Å²) in [5.74, 6) is -0.989. The fraction of sp³-hybridized carbons (Fsp3) is 0.167. The summed E-state index contributed by atoms with van der Waals surface area (Å²) in [6.07, 6.45) is -2.49. The zero-order valence-electron chi connectivity index (χ0n) is 18.1. The number of pyridine rings is 3. The second-order valence-corrected chi connectivity index (χ2v) is 7.73. The van der Waals surface area contributed by atoms with Crippen molar-refractivity contribution in [1.29, 1.82) is 0 Å². The first-order chi connectivity index (χ1) is 16.7. The maximum absolute atomic E-state index is 14.3. The Morgan fingerprint density at radius 2 is 1.86 bits per heavy atom. The van der Waals surface area contributed by atoms with Crippen LogP contribution in [0, 0.1) is 5.82 Å². The topological polar surface area (TPSA) is 105 Å². The molecule has 0 aliphatic heterocycles. The van der Waals surface area contributed by atoms with Gasteiger partial charge in [-0.15, -0.1) is 0 Å². The number of nitrogens with two attached hydrogens (primary N) is 1. The molecule has 0 radical (unpaired) electrons. The fourth-order valence-corrected chi connectivity index (χ4v) is 3.47. The third-order valence-electron chi connectivity index (χ3n) is 5.31. The summed E-state index contributed by atoms with van der Waals surface area (Å²) in [4.78, 5) is 26.7. The highest BCUT2D eigenvalue weighted by Gasteiger charge is 2.31. The number of nitrogens with zero attached hydrogens (tertiary/aromatic N) is 4. The highest BCUT2D eigenvalue weighted by atomic mass is 19.4. The highest BCUT2D eigenvalue weighted by molar-refractivity contribution is 5.98. The molecular formula is C24H19F4N5O2. The highest BCUT2D eigenvalue weighted by Crippen LogP contribution is 2.28. The maximum Gasteiger partial charge on any atom is 0.417 e. The van der Waals surface area contributed by atoms with Gasteiger partial charge in [0.05, 0.1) is 42.2 Å². The number of carbonyl (C=O) groups is 1. The molecule has 0 fully saturated rings. The van der Waals surface area contributed by atoms with Crippen LogP contribution in [0.5, 0.6) is 0 Å². The number of nitrogen functional groups attached to an aromatic ring is 1. The van der Waals surface area contributed by atoms with Gasteiger partial charge in [-0.05, 0) is 48.5 Å². The number of benzene rings is 1. The van der Waals surface area contributed by atoms with E-state index in [2.05, 4.69) is 15.0 Å². The lowest BCUT2D eigenvalue weighted by molar-refractivity contribution is -0.137. The minimum atomic E-state index is -4.55. The first-order valence-corrected chi connectivity index (χ1v) is 10.4. The summed E-state index contributed by atoms with van der Waals surface area (Å²) >= 11 is 0. The van der Waals surface area contributed by atoms with Crippen LogP contribution in [0.2, 0.25) is 0 Å². The number of rotatable bonds is 6. The molecule has 0 saturated heterocycles. The van der Waals surface area contributed by atoms with Crippen molar-refractivity contribution in [1.82, 2.24) is 19.9 Å². The minimum absolute atomic E-state index is 0.00874. The molecule has 0 aliphatic rings. The van der Waals surface area contributed by atoms with E-state index in [9.17, 15) is 27.5 Å². The Morgan fingerprint density at radius 3 is 2.51 bits per heavy atom. The Labute approximate surface area is 196 Å². The molecule has 35 heavy (non-hydrogen) atoms. The third kappa shape index (κ3) is 5.35. The Balaban J connectivity index is 1.69. The van der Waals surface area contributed by atoms with Crippen LogP contribution in [-0.4, -0.2) is 30.9 Å². The first kappa shape index (κ1) is 24.0. The average Bonchev–Trinajstić information content (AvgIpc) is 2.83. The molecule has 180 valence electrons. The maximum atomic E-state index is 14.3. The second-order valence-electron chi connectivity index (χ2n) is 7.73. The summed E-state index contributed by atoms with van der Waals surface area (Å²) in [6, 6.07) is 10.9. The largest absolute Gasteiger partial charge is 0.417 e. The summed E-state index contributed by atoms with van der Waals surface area (Å²) in [5.41, 5.74) is 6.17. The van der Waals surface area contributed by atoms with Gasteiger partial charge in [0.25, 0.3) is 5.91 Å². The summed E-state index contributed by atoms with van der Waals surface area (Å²) in [5, 5.41) is 10.0. The molecule has 1 aromatic carbocycles. The molecule has 4 rings (SSSR count). The predicted molar refractivity (Wildman–Crippen MR) is 119 cm³/mol. The van der Waals surface area contributed by atoms with Gasteiger partial charge in [-0.1, -0.05) is 0 Å². The molecule has 0 atom stereocenters. The number of carbonyl (C=O) groups excluding carboxylic acids is 1. The van der Waals surface area contributed by atoms with Gasteiger partial charge in [-0.2, -0.15) is 13.2 Å². The van der Waals surface area contributed by atoms with Crippen LogP contribution in [0.15, 0.2) is 60.9 Å². The summed E-state index contributed by atoms with van der Waals surface area (Å²) < 4.78 is 52.9. The van der Waals surface area contributed by atoms with Crippen LogP contribution in [0.3, 0.4) is 0 Å². The molecule has 3 aromatic heterocycles. The zero-order valence-corrected chi connectivity index (χ0v) is 18.1. The standard InChI is InChI=1S/C24H19F4N5O2/c25-19-2-1-7-30-21(19)12-33(11-18-5-4-17(10-31-18)24(26,27)28)23(35)14-3-6-20-15(8-14)9-16(13-34)22(29)32-20/h1-10,34H,11-13H2,(H2,29,32). The number of fused-ring (bicyclic) bond motifs is 1. The number of amides is 1. The van der Waals surface area contributed by atoms with Crippen LogP contribution < -0.4 is 5.73 Å². The lowest BCUT2D eigenvalue weighted by atomic mass is 10.1. The SMILES string of the molecule is Nc1nc2ccc(C(=O)N(Cc3ccc(C(F)(F)F)cn3)Cc3ncccc3F)cc2cc1CO. The van der Waals surface area contributed by atoms with E-state index in [1.807, 2.05) is 0 Å². The van der Waals surface area contributed by atoms with Crippen molar-refractivity contribution in [2.75, 3.05) is 5.73 Å². The van der Waals surface area contributed by atoms with E-state index in [4.69, 9.17) is 5.73 Å². The Bertz CT molecular complexity index is 1380. The van der Waals surface area contributed by atoms with Crippen LogP contribution in [0.1, 0.15) is 32.9 Å². The third-order valence-corrected chi connectivity index (χ3v) is 5.31. The normalized spacial score (nSPS) is 11.6. The number of aliphatic hydroxyl groups is 1. The van der Waals surface area contributed by atoms with Gasteiger partial charge in [-0.3, -0.25) is 14.8 Å². The molecular weight excluding hydrogens is 466 g/mol. The zero-order chi connectivity index (χ0) is 25.2. The van der Waals surface area contributed by atoms with E-state index in [0.29, 0.717) is 22.7 Å². The molecule has 0 saturated carbocycles. The van der Waals surface area contributed by atoms with Crippen LogP contribution in [0.25, 0.3) is 10.9 Å². The van der Waals surface area contributed by atoms with Crippen molar-refractivity contribution in [2.45, 2.75) is 25.9 Å². The molecule has 1 amide bonds. The molecule has 4 aromatic rings. The van der Waals surface area contributed by atoms with Crippen molar-refractivity contribution < 1.29 is 27.5 Å². The monoisotopic (exact) mass is 485 g/mol. The lowest BCUT2D eigenvalue weighted by Crippen LogP contribution is -2.31. The van der Waals surface area contributed by atoms with Crippen LogP contribution in [-0.2, 0) is 25.9 Å². The van der Waals surface area contributed by atoms with Crippen molar-refractivity contribution in [2.24, 2.45) is 0 Å². The van der Waals surface area contributed by atoms with E-state index in [1.54, 1.807) is 18.2 Å². The van der Waals surface area contributed by atoms with E-state index in [0.717, 1.165) is 6.07 Å². The number of aromatic nitrogens is 3. The van der Waals surface area contributed by atoms with Gasteiger partial charge in [0.15, 0.2) is 0 Å². The molecule has 0 bridgehead atoms. The van der Waals surface area contributed by atoms with Gasteiger partial charge >= 0.3 is 6.18 Å². The molecule has 0 unspecified atom stereocenters. The fourth-order valence-electron chi connectivity index (χ4n) is 3.47. The number of aliphatic hydroxyl groups excluding tert-OH is 1. The van der Waals surface area contributed by atoms with Gasteiger partial charge in [0, 0.05) is 28.9 Å². The van der Waals surface area contributed by atoms with E-state index >= 15 is 0 Å². The lowest BCUT2D eigenvalue weighted by Gasteiger charge is -2.23.